The van der Waals surface area contributed by atoms with Gasteiger partial charge < -0.3 is 10.6 Å². The minimum Gasteiger partial charge on any atom is -0.372 e. The van der Waals surface area contributed by atoms with Gasteiger partial charge in [-0.2, -0.15) is 0 Å². The Balaban J connectivity index is 2.32. The topological polar surface area (TPSA) is 54.0 Å². The van der Waals surface area contributed by atoms with Crippen molar-refractivity contribution in [2.75, 3.05) is 17.7 Å². The van der Waals surface area contributed by atoms with Crippen LogP contribution in [0.2, 0.25) is 5.02 Å². The highest BCUT2D eigenvalue weighted by Crippen LogP contribution is 2.25. The lowest BCUT2D eigenvalue weighted by Crippen LogP contribution is -2.15. The van der Waals surface area contributed by atoms with E-state index in [9.17, 15) is 4.79 Å². The van der Waals surface area contributed by atoms with Crippen LogP contribution in [0.5, 0.6) is 0 Å². The molecule has 0 saturated heterocycles. The van der Waals surface area contributed by atoms with E-state index >= 15 is 0 Å². The van der Waals surface area contributed by atoms with Gasteiger partial charge in [-0.3, -0.25) is 4.79 Å². The van der Waals surface area contributed by atoms with Gasteiger partial charge in [-0.05, 0) is 46.6 Å². The van der Waals surface area contributed by atoms with Crippen molar-refractivity contribution in [3.05, 3.63) is 51.1 Å². The first-order valence-corrected chi connectivity index (χ1v) is 7.09. The lowest BCUT2D eigenvalue weighted by Gasteiger charge is -2.11. The van der Waals surface area contributed by atoms with Crippen LogP contribution >= 0.6 is 27.5 Å². The van der Waals surface area contributed by atoms with E-state index in [2.05, 4.69) is 31.5 Å². The Morgan fingerprint density at radius 1 is 1.35 bits per heavy atom. The monoisotopic (exact) mass is 353 g/mol. The van der Waals surface area contributed by atoms with Crippen LogP contribution in [0, 0.1) is 6.92 Å². The van der Waals surface area contributed by atoms with Crippen LogP contribution in [-0.2, 0) is 0 Å². The summed E-state index contributed by atoms with van der Waals surface area (Å²) in [4.78, 5) is 16.5. The van der Waals surface area contributed by atoms with E-state index < -0.39 is 0 Å². The summed E-state index contributed by atoms with van der Waals surface area (Å²) in [6.45, 7) is 1.94. The van der Waals surface area contributed by atoms with Gasteiger partial charge in [0.2, 0.25) is 0 Å². The first-order valence-electron chi connectivity index (χ1n) is 5.92. The molecule has 0 aliphatic carbocycles. The number of hydrogen-bond donors (Lipinski definition) is 2. The maximum atomic E-state index is 12.3. The van der Waals surface area contributed by atoms with Gasteiger partial charge in [0.1, 0.15) is 5.82 Å². The average molecular weight is 355 g/mol. The molecule has 104 valence electrons. The van der Waals surface area contributed by atoms with Crippen molar-refractivity contribution in [3.63, 3.8) is 0 Å². The number of carbonyl (C=O) groups is 1. The number of carbonyl (C=O) groups excluding carboxylic acids is 1. The molecular formula is C14H13BrClN3O. The van der Waals surface area contributed by atoms with E-state index in [1.807, 2.05) is 19.1 Å². The molecule has 0 aliphatic heterocycles. The molecule has 2 aromatic rings. The number of amides is 1. The Morgan fingerprint density at radius 3 is 2.80 bits per heavy atom. The number of nitrogens with zero attached hydrogens (tertiary/aromatic N) is 1. The lowest BCUT2D eigenvalue weighted by atomic mass is 10.2. The average Bonchev–Trinajstić information content (AvgIpc) is 2.42. The van der Waals surface area contributed by atoms with Crippen LogP contribution in [0.4, 0.5) is 11.5 Å². The Labute approximate surface area is 130 Å². The summed E-state index contributed by atoms with van der Waals surface area (Å²) in [6.07, 6.45) is 1.63. The second kappa shape index (κ2) is 6.24. The molecule has 0 saturated carbocycles. The number of rotatable bonds is 3. The van der Waals surface area contributed by atoms with Crippen molar-refractivity contribution < 1.29 is 4.79 Å². The van der Waals surface area contributed by atoms with Gasteiger partial charge in [0, 0.05) is 17.7 Å². The summed E-state index contributed by atoms with van der Waals surface area (Å²) in [7, 11) is 1.71. The van der Waals surface area contributed by atoms with Gasteiger partial charge in [-0.15, -0.1) is 0 Å². The molecule has 1 aromatic carbocycles. The standard InChI is InChI=1S/C14H13BrClN3O/c1-8-3-4-11(16)12(5-8)19-14(20)10-6-9(15)7-18-13(10)17-2/h3-7H,1-2H3,(H,17,18)(H,19,20). The number of benzene rings is 1. The molecule has 2 N–H and O–H groups in total. The molecule has 6 heteroatoms. The molecule has 2 rings (SSSR count). The zero-order valence-corrected chi connectivity index (χ0v) is 13.3. The Hall–Kier alpha value is -1.59. The second-order valence-corrected chi connectivity index (χ2v) is 5.56. The van der Waals surface area contributed by atoms with Crippen LogP contribution in [0.25, 0.3) is 0 Å². The Bertz CT molecular complexity index is 661. The summed E-state index contributed by atoms with van der Waals surface area (Å²) in [6, 6.07) is 7.17. The molecule has 1 heterocycles. The molecule has 0 unspecified atom stereocenters. The fourth-order valence-corrected chi connectivity index (χ4v) is 2.23. The molecule has 0 aliphatic rings. The molecule has 1 aromatic heterocycles. The summed E-state index contributed by atoms with van der Waals surface area (Å²) in [5.74, 6) is 0.241. The van der Waals surface area contributed by atoms with Crippen molar-refractivity contribution in [2.45, 2.75) is 6.92 Å². The maximum Gasteiger partial charge on any atom is 0.259 e. The van der Waals surface area contributed by atoms with Gasteiger partial charge >= 0.3 is 0 Å². The minimum absolute atomic E-state index is 0.268. The van der Waals surface area contributed by atoms with Crippen molar-refractivity contribution in [2.24, 2.45) is 0 Å². The van der Waals surface area contributed by atoms with Crippen molar-refractivity contribution >= 4 is 44.9 Å². The fraction of sp³-hybridized carbons (Fsp3) is 0.143. The molecule has 0 bridgehead atoms. The smallest absolute Gasteiger partial charge is 0.259 e. The zero-order chi connectivity index (χ0) is 14.7. The normalized spacial score (nSPS) is 10.2. The summed E-state index contributed by atoms with van der Waals surface area (Å²) in [5, 5.41) is 6.19. The van der Waals surface area contributed by atoms with Gasteiger partial charge in [0.15, 0.2) is 0 Å². The zero-order valence-electron chi connectivity index (χ0n) is 11.0. The number of halogens is 2. The molecule has 0 spiro atoms. The highest BCUT2D eigenvalue weighted by Gasteiger charge is 2.14. The predicted molar refractivity (Wildman–Crippen MR) is 85.6 cm³/mol. The highest BCUT2D eigenvalue weighted by molar-refractivity contribution is 9.10. The SMILES string of the molecule is CNc1ncc(Br)cc1C(=O)Nc1cc(C)ccc1Cl. The lowest BCUT2D eigenvalue weighted by molar-refractivity contribution is 0.102. The summed E-state index contributed by atoms with van der Waals surface area (Å²) in [5.41, 5.74) is 2.05. The molecule has 4 nitrogen and oxygen atoms in total. The summed E-state index contributed by atoms with van der Waals surface area (Å²) >= 11 is 9.39. The number of hydrogen-bond acceptors (Lipinski definition) is 3. The Kier molecular flexibility index (Phi) is 4.62. The third-order valence-electron chi connectivity index (χ3n) is 2.71. The molecular weight excluding hydrogens is 342 g/mol. The van der Waals surface area contributed by atoms with E-state index in [-0.39, 0.29) is 5.91 Å². The van der Waals surface area contributed by atoms with Crippen LogP contribution in [0.1, 0.15) is 15.9 Å². The van der Waals surface area contributed by atoms with E-state index in [0.29, 0.717) is 22.1 Å². The van der Waals surface area contributed by atoms with Crippen molar-refractivity contribution in [1.82, 2.24) is 4.98 Å². The van der Waals surface area contributed by atoms with Gasteiger partial charge in [-0.1, -0.05) is 17.7 Å². The number of nitrogens with one attached hydrogen (secondary N) is 2. The molecule has 20 heavy (non-hydrogen) atoms. The molecule has 0 fully saturated rings. The number of aromatic nitrogens is 1. The van der Waals surface area contributed by atoms with Crippen LogP contribution in [-0.4, -0.2) is 17.9 Å². The first-order chi connectivity index (χ1) is 9.51. The first kappa shape index (κ1) is 14.8. The van der Waals surface area contributed by atoms with Gasteiger partial charge in [-0.25, -0.2) is 4.98 Å². The van der Waals surface area contributed by atoms with Crippen molar-refractivity contribution in [1.29, 1.82) is 0 Å². The largest absolute Gasteiger partial charge is 0.372 e. The molecule has 1 amide bonds. The molecule has 0 atom stereocenters. The van der Waals surface area contributed by atoms with E-state index in [4.69, 9.17) is 11.6 Å². The third-order valence-corrected chi connectivity index (χ3v) is 3.47. The molecule has 0 radical (unpaired) electrons. The van der Waals surface area contributed by atoms with Crippen molar-refractivity contribution in [3.8, 4) is 0 Å². The minimum atomic E-state index is -0.268. The Morgan fingerprint density at radius 2 is 2.10 bits per heavy atom. The fourth-order valence-electron chi connectivity index (χ4n) is 1.74. The van der Waals surface area contributed by atoms with E-state index in [1.54, 1.807) is 25.4 Å². The maximum absolute atomic E-state index is 12.3. The van der Waals surface area contributed by atoms with E-state index in [0.717, 1.165) is 10.0 Å². The predicted octanol–water partition coefficient (Wildman–Crippen LogP) is 4.10. The van der Waals surface area contributed by atoms with Gasteiger partial charge in [0.05, 0.1) is 16.3 Å². The highest BCUT2D eigenvalue weighted by atomic mass is 79.9. The number of aryl methyl sites for hydroxylation is 1. The number of anilines is 2. The van der Waals surface area contributed by atoms with Crippen LogP contribution in [0.3, 0.4) is 0 Å². The van der Waals surface area contributed by atoms with Gasteiger partial charge in [0.25, 0.3) is 5.91 Å². The number of pyridine rings is 1. The van der Waals surface area contributed by atoms with Crippen LogP contribution < -0.4 is 10.6 Å². The summed E-state index contributed by atoms with van der Waals surface area (Å²) < 4.78 is 0.733. The third kappa shape index (κ3) is 3.29. The van der Waals surface area contributed by atoms with E-state index in [1.165, 1.54) is 0 Å². The quantitative estimate of drug-likeness (QED) is 0.872. The van der Waals surface area contributed by atoms with Crippen LogP contribution in [0.15, 0.2) is 34.9 Å². The second-order valence-electron chi connectivity index (χ2n) is 4.24.